The maximum atomic E-state index is 9.94. The molecule has 0 saturated carbocycles. The Bertz CT molecular complexity index is 325. The fraction of sp³-hybridized carbons (Fsp3) is 0.625. The molecule has 0 spiro atoms. The molecule has 1 aromatic rings. The predicted octanol–water partition coefficient (Wildman–Crippen LogP) is 4.58. The van der Waals surface area contributed by atoms with Gasteiger partial charge in [-0.05, 0) is 25.0 Å². The van der Waals surface area contributed by atoms with Crippen molar-refractivity contribution in [3.8, 4) is 5.75 Å². The minimum Gasteiger partial charge on any atom is -0.506 e. The van der Waals surface area contributed by atoms with Crippen molar-refractivity contribution < 1.29 is 5.11 Å². The number of hydrogen-bond acceptors (Lipinski definition) is 2. The van der Waals surface area contributed by atoms with Gasteiger partial charge in [-0.1, -0.05) is 51.7 Å². The highest BCUT2D eigenvalue weighted by atomic mass is 16.3. The average molecular weight is 249 g/mol. The summed E-state index contributed by atoms with van der Waals surface area (Å²) in [5.41, 5.74) is 0.988. The number of aromatic hydroxyl groups is 1. The average Bonchev–Trinajstić information content (AvgIpc) is 2.39. The highest BCUT2D eigenvalue weighted by molar-refractivity contribution is 5.57. The van der Waals surface area contributed by atoms with Gasteiger partial charge < -0.3 is 10.0 Å². The molecule has 0 aliphatic heterocycles. The van der Waals surface area contributed by atoms with Crippen molar-refractivity contribution in [2.75, 3.05) is 18.0 Å². The lowest BCUT2D eigenvalue weighted by molar-refractivity contribution is 0.472. The predicted molar refractivity (Wildman–Crippen MR) is 79.4 cm³/mol. The highest BCUT2D eigenvalue weighted by Gasteiger charge is 2.09. The van der Waals surface area contributed by atoms with Crippen LogP contribution in [0.2, 0.25) is 0 Å². The molecule has 0 radical (unpaired) electrons. The number of hydrogen-bond donors (Lipinski definition) is 1. The van der Waals surface area contributed by atoms with Gasteiger partial charge in [0, 0.05) is 13.1 Å². The van der Waals surface area contributed by atoms with Crippen LogP contribution in [0, 0.1) is 0 Å². The Morgan fingerprint density at radius 1 is 0.889 bits per heavy atom. The summed E-state index contributed by atoms with van der Waals surface area (Å²) in [6.45, 7) is 6.54. The van der Waals surface area contributed by atoms with Gasteiger partial charge in [-0.3, -0.25) is 0 Å². The summed E-state index contributed by atoms with van der Waals surface area (Å²) in [4.78, 5) is 2.33. The van der Waals surface area contributed by atoms with Gasteiger partial charge in [0.1, 0.15) is 5.75 Å². The maximum absolute atomic E-state index is 9.94. The first-order valence-corrected chi connectivity index (χ1v) is 7.32. The quantitative estimate of drug-likeness (QED) is 0.648. The number of unbranched alkanes of at least 4 members (excludes halogenated alkanes) is 4. The lowest BCUT2D eigenvalue weighted by Gasteiger charge is -2.25. The fourth-order valence-corrected chi connectivity index (χ4v) is 2.16. The second-order valence-electron chi connectivity index (χ2n) is 4.89. The second kappa shape index (κ2) is 8.84. The molecule has 102 valence electrons. The lowest BCUT2D eigenvalue weighted by Crippen LogP contribution is -2.25. The maximum Gasteiger partial charge on any atom is 0.138 e. The summed E-state index contributed by atoms with van der Waals surface area (Å²) in [7, 11) is 0. The first-order valence-electron chi connectivity index (χ1n) is 7.32. The van der Waals surface area contributed by atoms with Gasteiger partial charge in [-0.15, -0.1) is 0 Å². The van der Waals surface area contributed by atoms with Crippen LogP contribution in [0.15, 0.2) is 24.3 Å². The smallest absolute Gasteiger partial charge is 0.138 e. The molecule has 0 heterocycles. The first kappa shape index (κ1) is 14.9. The van der Waals surface area contributed by atoms with E-state index in [1.807, 2.05) is 18.2 Å². The summed E-state index contributed by atoms with van der Waals surface area (Å²) < 4.78 is 0. The molecule has 0 fully saturated rings. The van der Waals surface area contributed by atoms with Crippen molar-refractivity contribution in [1.82, 2.24) is 0 Å². The zero-order valence-corrected chi connectivity index (χ0v) is 11.9. The summed E-state index contributed by atoms with van der Waals surface area (Å²) >= 11 is 0. The van der Waals surface area contributed by atoms with Crippen LogP contribution in [-0.4, -0.2) is 18.2 Å². The van der Waals surface area contributed by atoms with Gasteiger partial charge >= 0.3 is 0 Å². The van der Waals surface area contributed by atoms with E-state index in [-0.39, 0.29) is 0 Å². The topological polar surface area (TPSA) is 23.5 Å². The number of benzene rings is 1. The number of anilines is 1. The molecule has 1 rings (SSSR count). The van der Waals surface area contributed by atoms with E-state index < -0.39 is 0 Å². The molecule has 2 heteroatoms. The third-order valence-corrected chi connectivity index (χ3v) is 3.29. The number of rotatable bonds is 9. The van der Waals surface area contributed by atoms with Crippen LogP contribution < -0.4 is 4.90 Å². The van der Waals surface area contributed by atoms with E-state index in [9.17, 15) is 5.11 Å². The van der Waals surface area contributed by atoms with Crippen molar-refractivity contribution in [3.63, 3.8) is 0 Å². The number of phenols is 1. The summed E-state index contributed by atoms with van der Waals surface area (Å²) in [5, 5.41) is 9.94. The Kier molecular flexibility index (Phi) is 7.31. The molecule has 0 aliphatic carbocycles. The zero-order chi connectivity index (χ0) is 13.2. The Hall–Kier alpha value is -1.18. The van der Waals surface area contributed by atoms with Crippen LogP contribution in [-0.2, 0) is 0 Å². The summed E-state index contributed by atoms with van der Waals surface area (Å²) in [6.07, 6.45) is 7.45. The minimum atomic E-state index is 0.407. The van der Waals surface area contributed by atoms with Crippen LogP contribution in [0.3, 0.4) is 0 Å². The molecule has 18 heavy (non-hydrogen) atoms. The largest absolute Gasteiger partial charge is 0.506 e. The molecule has 2 nitrogen and oxygen atoms in total. The van der Waals surface area contributed by atoms with Crippen LogP contribution in [0.5, 0.6) is 5.75 Å². The van der Waals surface area contributed by atoms with E-state index in [1.165, 1.54) is 38.5 Å². The standard InChI is InChI=1S/C16H27NO/c1-3-5-7-10-14-17(13-6-4-2)15-11-8-9-12-16(15)18/h8-9,11-12,18H,3-7,10,13-14H2,1-2H3. The van der Waals surface area contributed by atoms with Crippen LogP contribution in [0.1, 0.15) is 52.4 Å². The van der Waals surface area contributed by atoms with Gasteiger partial charge in [0.2, 0.25) is 0 Å². The molecular weight excluding hydrogens is 222 g/mol. The van der Waals surface area contributed by atoms with E-state index >= 15 is 0 Å². The molecule has 0 aromatic heterocycles. The van der Waals surface area contributed by atoms with Gasteiger partial charge in [0.05, 0.1) is 5.69 Å². The number of phenolic OH excluding ortho intramolecular Hbond substituents is 1. The Balaban J connectivity index is 2.57. The zero-order valence-electron chi connectivity index (χ0n) is 11.9. The van der Waals surface area contributed by atoms with Crippen molar-refractivity contribution in [1.29, 1.82) is 0 Å². The van der Waals surface area contributed by atoms with Gasteiger partial charge in [-0.2, -0.15) is 0 Å². The van der Waals surface area contributed by atoms with Crippen LogP contribution in [0.25, 0.3) is 0 Å². The number of para-hydroxylation sites is 2. The Morgan fingerprint density at radius 3 is 2.22 bits per heavy atom. The van der Waals surface area contributed by atoms with Crippen molar-refractivity contribution in [2.24, 2.45) is 0 Å². The van der Waals surface area contributed by atoms with E-state index in [0.29, 0.717) is 5.75 Å². The number of nitrogens with zero attached hydrogens (tertiary/aromatic N) is 1. The molecule has 0 amide bonds. The van der Waals surface area contributed by atoms with E-state index in [1.54, 1.807) is 6.07 Å². The molecule has 0 unspecified atom stereocenters. The van der Waals surface area contributed by atoms with Crippen molar-refractivity contribution >= 4 is 5.69 Å². The lowest BCUT2D eigenvalue weighted by atomic mass is 10.1. The normalized spacial score (nSPS) is 10.6. The van der Waals surface area contributed by atoms with Crippen LogP contribution in [0.4, 0.5) is 5.69 Å². The van der Waals surface area contributed by atoms with Gasteiger partial charge in [0.15, 0.2) is 0 Å². The Labute approximate surface area is 112 Å². The van der Waals surface area contributed by atoms with Crippen LogP contribution >= 0.6 is 0 Å². The first-order chi connectivity index (χ1) is 8.79. The fourth-order valence-electron chi connectivity index (χ4n) is 2.16. The molecule has 0 atom stereocenters. The molecule has 1 aromatic carbocycles. The van der Waals surface area contributed by atoms with Gasteiger partial charge in [-0.25, -0.2) is 0 Å². The summed E-state index contributed by atoms with van der Waals surface area (Å²) in [6, 6.07) is 7.68. The molecule has 0 saturated heterocycles. The Morgan fingerprint density at radius 2 is 1.56 bits per heavy atom. The van der Waals surface area contributed by atoms with E-state index in [2.05, 4.69) is 18.7 Å². The van der Waals surface area contributed by atoms with Crippen molar-refractivity contribution in [2.45, 2.75) is 52.4 Å². The molecular formula is C16H27NO. The molecule has 0 bridgehead atoms. The van der Waals surface area contributed by atoms with Crippen molar-refractivity contribution in [3.05, 3.63) is 24.3 Å². The minimum absolute atomic E-state index is 0.407. The SMILES string of the molecule is CCCCCCN(CCCC)c1ccccc1O. The highest BCUT2D eigenvalue weighted by Crippen LogP contribution is 2.27. The van der Waals surface area contributed by atoms with Gasteiger partial charge in [0.25, 0.3) is 0 Å². The second-order valence-corrected chi connectivity index (χ2v) is 4.89. The van der Waals surface area contributed by atoms with E-state index in [0.717, 1.165) is 18.8 Å². The molecule has 0 aliphatic rings. The monoisotopic (exact) mass is 249 g/mol. The summed E-state index contributed by atoms with van der Waals surface area (Å²) in [5.74, 6) is 0.407. The third kappa shape index (κ3) is 4.99. The van der Waals surface area contributed by atoms with E-state index in [4.69, 9.17) is 0 Å². The molecule has 1 N–H and O–H groups in total. The third-order valence-electron chi connectivity index (χ3n) is 3.29.